The maximum Gasteiger partial charge on any atom is 1.00 e. The smallest absolute Gasteiger partial charge is 0.858 e. The van der Waals surface area contributed by atoms with Crippen LogP contribution in [0.2, 0.25) is 5.02 Å². The van der Waals surface area contributed by atoms with Crippen molar-refractivity contribution in [2.45, 2.75) is 43.0 Å². The molecule has 31 heavy (non-hydrogen) atoms. The zero-order chi connectivity index (χ0) is 21.1. The summed E-state index contributed by atoms with van der Waals surface area (Å²) in [4.78, 5) is 29.6. The Morgan fingerprint density at radius 2 is 2.03 bits per heavy atom. The number of aryl methyl sites for hydroxylation is 1. The summed E-state index contributed by atoms with van der Waals surface area (Å²) in [7, 11) is 0. The minimum atomic E-state index is -1.07. The molecule has 12 heteroatoms. The Balaban J connectivity index is 0.00000171. The number of carbonyl (C=O) groups is 2. The average Bonchev–Trinajstić information content (AvgIpc) is 3.15. The Labute approximate surface area is 209 Å². The fourth-order valence-electron chi connectivity index (χ4n) is 3.76. The van der Waals surface area contributed by atoms with Crippen molar-refractivity contribution < 1.29 is 59.4 Å². The Morgan fingerprint density at radius 3 is 2.65 bits per heavy atom. The van der Waals surface area contributed by atoms with Crippen molar-refractivity contribution in [3.8, 4) is 11.3 Å². The van der Waals surface area contributed by atoms with Crippen LogP contribution in [0.5, 0.6) is 0 Å². The van der Waals surface area contributed by atoms with Gasteiger partial charge in [-0.15, -0.1) is 11.8 Å². The van der Waals surface area contributed by atoms with Crippen molar-refractivity contribution in [3.05, 3.63) is 40.6 Å². The molecule has 2 fully saturated rings. The molecule has 160 valence electrons. The molecule has 2 aliphatic heterocycles. The van der Waals surface area contributed by atoms with Gasteiger partial charge in [-0.2, -0.15) is 0 Å². The number of aliphatic carboxylic acids is 1. The molecule has 3 heterocycles. The normalized spacial score (nSPS) is 24.0. The molecule has 1 aromatic heterocycles. The van der Waals surface area contributed by atoms with Crippen LogP contribution in [0.3, 0.4) is 0 Å². The van der Waals surface area contributed by atoms with Crippen molar-refractivity contribution in [2.24, 2.45) is 4.99 Å². The van der Waals surface area contributed by atoms with Gasteiger partial charge < -0.3 is 25.1 Å². The number of halogens is 1. The Bertz CT molecular complexity index is 1060. The monoisotopic (exact) mass is 475 g/mol. The van der Waals surface area contributed by atoms with Gasteiger partial charge in [0.15, 0.2) is 6.04 Å². The summed E-state index contributed by atoms with van der Waals surface area (Å²) in [6.45, 7) is 5.11. The van der Waals surface area contributed by atoms with Crippen molar-refractivity contribution >= 4 is 41.1 Å². The first kappa shape index (κ1) is 25.7. The molecule has 2 aliphatic rings. The second-order valence-electron chi connectivity index (χ2n) is 7.42. The molecule has 4 rings (SSSR count). The quantitative estimate of drug-likeness (QED) is 0.235. The topological polar surface area (TPSA) is 151 Å². The van der Waals surface area contributed by atoms with E-state index in [2.05, 4.69) is 10.1 Å². The van der Waals surface area contributed by atoms with E-state index in [1.807, 2.05) is 0 Å². The molecule has 0 bridgehead atoms. The third-order valence-electron chi connectivity index (χ3n) is 5.11. The number of aromatic nitrogens is 1. The van der Waals surface area contributed by atoms with E-state index in [0.717, 1.165) is 0 Å². The van der Waals surface area contributed by atoms with Gasteiger partial charge in [-0.25, -0.2) is 4.79 Å². The number of fused-ring (bicyclic) bond motifs is 1. The van der Waals surface area contributed by atoms with Crippen LogP contribution in [0.25, 0.3) is 11.3 Å². The van der Waals surface area contributed by atoms with Crippen molar-refractivity contribution in [3.63, 3.8) is 0 Å². The van der Waals surface area contributed by atoms with Gasteiger partial charge in [0.2, 0.25) is 0 Å². The number of rotatable bonds is 4. The standard InChI is InChI=1S/C19H18ClN3O5S.Na.H2O/c1-8-11(12(22-28-8)9-6-4-5-7-10(9)20)15(24)21-13-16(25)23-14(18(26)27)19(2,3)29-17(13)23;;/h4-7,13-14,17H,1-3H3,(H,21,24)(H,26,27);;1H2/q;+1;/p-1/t13-,14+,17-;;/m1../s1. The molecule has 0 radical (unpaired) electrons. The van der Waals surface area contributed by atoms with E-state index in [-0.39, 0.29) is 52.1 Å². The Kier molecular flexibility index (Phi) is 7.57. The van der Waals surface area contributed by atoms with Gasteiger partial charge in [0.05, 0.1) is 10.6 Å². The summed E-state index contributed by atoms with van der Waals surface area (Å²) < 4.78 is 4.50. The van der Waals surface area contributed by atoms with Gasteiger partial charge in [-0.05, 0) is 32.7 Å². The fourth-order valence-corrected chi connectivity index (χ4v) is 5.60. The molecule has 0 spiro atoms. The minimum Gasteiger partial charge on any atom is -0.858 e. The molecule has 0 saturated carbocycles. The first-order chi connectivity index (χ1) is 13.6. The zero-order valence-electron chi connectivity index (χ0n) is 17.2. The number of nitrogens with zero attached hydrogens (tertiary/aromatic N) is 3. The van der Waals surface area contributed by atoms with Crippen LogP contribution in [-0.4, -0.2) is 60.6 Å². The van der Waals surface area contributed by atoms with Crippen molar-refractivity contribution in [1.82, 2.24) is 10.1 Å². The Hall–Kier alpha value is -1.56. The predicted octanol–water partition coefficient (Wildman–Crippen LogP) is -1.89. The number of benzene rings is 1. The van der Waals surface area contributed by atoms with Crippen LogP contribution >= 0.6 is 23.4 Å². The molecule has 3 N–H and O–H groups in total. The van der Waals surface area contributed by atoms with E-state index in [0.29, 0.717) is 10.6 Å². The minimum absolute atomic E-state index is 0. The number of thioether (sulfide) groups is 1. The van der Waals surface area contributed by atoms with E-state index >= 15 is 0 Å². The summed E-state index contributed by atoms with van der Waals surface area (Å²) in [5.74, 6) is -1.92. The van der Waals surface area contributed by atoms with Gasteiger partial charge in [0, 0.05) is 10.3 Å². The number of carbonyl (C=O) groups excluding carboxylic acids is 1. The Morgan fingerprint density at radius 1 is 1.39 bits per heavy atom. The van der Waals surface area contributed by atoms with Gasteiger partial charge in [0.25, 0.3) is 5.91 Å². The van der Waals surface area contributed by atoms with Crippen LogP contribution in [0.4, 0.5) is 0 Å². The summed E-state index contributed by atoms with van der Waals surface area (Å²) >= 11 is 7.55. The largest absolute Gasteiger partial charge is 1.00 e. The second kappa shape index (κ2) is 9.13. The van der Waals surface area contributed by atoms with E-state index in [1.54, 1.807) is 45.0 Å². The first-order valence-corrected chi connectivity index (χ1v) is 10.1. The van der Waals surface area contributed by atoms with Crippen LogP contribution < -0.4 is 34.7 Å². The number of aliphatic imine (C=N–C) groups is 1. The summed E-state index contributed by atoms with van der Waals surface area (Å²) in [6, 6.07) is 4.99. The maximum absolute atomic E-state index is 12.9. The van der Waals surface area contributed by atoms with E-state index in [4.69, 9.17) is 16.1 Å². The van der Waals surface area contributed by atoms with Gasteiger partial charge in [-0.1, -0.05) is 35.0 Å². The number of amides is 1. The third kappa shape index (κ3) is 4.12. The number of hydrogen-bond donors (Lipinski definition) is 1. The molecular weight excluding hydrogens is 457 g/mol. The van der Waals surface area contributed by atoms with Crippen LogP contribution in [0, 0.1) is 6.92 Å². The summed E-state index contributed by atoms with van der Waals surface area (Å²) in [5, 5.41) is 26.3. The zero-order valence-corrected chi connectivity index (χ0v) is 20.8. The van der Waals surface area contributed by atoms with Crippen molar-refractivity contribution in [2.75, 3.05) is 0 Å². The number of carboxylic acids is 1. The predicted molar refractivity (Wildman–Crippen MR) is 109 cm³/mol. The molecule has 3 atom stereocenters. The van der Waals surface area contributed by atoms with Crippen LogP contribution in [0.1, 0.15) is 25.2 Å². The third-order valence-corrected chi connectivity index (χ3v) is 7.00. The first-order valence-electron chi connectivity index (χ1n) is 8.82. The van der Waals surface area contributed by atoms with Gasteiger partial charge in [0.1, 0.15) is 22.9 Å². The summed E-state index contributed by atoms with van der Waals surface area (Å²) in [5.41, 5.74) is 0.920. The van der Waals surface area contributed by atoms with Crippen LogP contribution in [0.15, 0.2) is 33.8 Å². The average molecular weight is 476 g/mol. The second-order valence-corrected chi connectivity index (χ2v) is 9.60. The van der Waals surface area contributed by atoms with E-state index < -0.39 is 40.0 Å². The number of β-lactam (4-membered cyclic amide) rings is 1. The number of hydrogen-bond acceptors (Lipinski definition) is 7. The molecular formula is C19H19ClN3NaO6S. The number of carboxylic acid groups (broad SMARTS) is 1. The maximum atomic E-state index is 12.9. The van der Waals surface area contributed by atoms with Gasteiger partial charge in [-0.3, -0.25) is 9.79 Å². The fraction of sp³-hybridized carbons (Fsp3) is 0.368. The molecule has 1 amide bonds. The molecule has 1 aromatic carbocycles. The molecule has 0 aliphatic carbocycles. The van der Waals surface area contributed by atoms with Crippen molar-refractivity contribution in [1.29, 1.82) is 0 Å². The molecule has 2 aromatic rings. The van der Waals surface area contributed by atoms with Crippen LogP contribution in [-0.2, 0) is 9.59 Å². The summed E-state index contributed by atoms with van der Waals surface area (Å²) in [6.07, 6.45) is 0. The SMILES string of the molecule is Cc1onc(-c2ccccc2Cl)c1C([O-])=N[C@@H]1C(=O)N2[C@@H]1SC(C)(C)[C@@H]2C(=O)O.O.[Na+]. The van der Waals surface area contributed by atoms with Gasteiger partial charge >= 0.3 is 35.5 Å². The van der Waals surface area contributed by atoms with E-state index in [9.17, 15) is 19.8 Å². The molecule has 9 nitrogen and oxygen atoms in total. The molecule has 2 saturated heterocycles. The van der Waals surface area contributed by atoms with E-state index in [1.165, 1.54) is 16.7 Å². The molecule has 0 unspecified atom stereocenters.